The van der Waals surface area contributed by atoms with Gasteiger partial charge in [0.15, 0.2) is 11.5 Å². The van der Waals surface area contributed by atoms with Gasteiger partial charge in [-0.2, -0.15) is 0 Å². The van der Waals surface area contributed by atoms with Gasteiger partial charge >= 0.3 is 0 Å². The molecule has 0 saturated heterocycles. The average molecular weight is 324 g/mol. The number of ether oxygens (including phenoxy) is 1. The zero-order chi connectivity index (χ0) is 16.3. The second-order valence-electron chi connectivity index (χ2n) is 6.94. The van der Waals surface area contributed by atoms with Crippen LogP contribution in [0, 0.1) is 17.8 Å². The van der Waals surface area contributed by atoms with Crippen LogP contribution in [0.1, 0.15) is 51.5 Å². The Kier molecular flexibility index (Phi) is 5.97. The number of benzene rings is 1. The van der Waals surface area contributed by atoms with Gasteiger partial charge in [-0.25, -0.2) is 0 Å². The van der Waals surface area contributed by atoms with Crippen molar-refractivity contribution in [1.82, 2.24) is 0 Å². The smallest absolute Gasteiger partial charge is 0.234 e. The molecule has 1 aromatic carbocycles. The van der Waals surface area contributed by atoms with Gasteiger partial charge in [0.25, 0.3) is 0 Å². The minimum absolute atomic E-state index is 0.574. The Morgan fingerprint density at radius 3 is 2.55 bits per heavy atom. The van der Waals surface area contributed by atoms with Crippen molar-refractivity contribution in [2.75, 3.05) is 13.8 Å². The molecule has 1 aliphatic carbocycles. The molecule has 0 aromatic heterocycles. The van der Waals surface area contributed by atoms with Gasteiger partial charge in [-0.3, -0.25) is 4.57 Å². The van der Waals surface area contributed by atoms with Crippen molar-refractivity contribution in [3.05, 3.63) is 23.8 Å². The number of methoxy groups -OCH3 is 1. The van der Waals surface area contributed by atoms with Crippen molar-refractivity contribution in [1.29, 1.82) is 0 Å². The summed E-state index contributed by atoms with van der Waals surface area (Å²) in [5.74, 6) is 4.03. The van der Waals surface area contributed by atoms with Crippen LogP contribution in [0.5, 0.6) is 11.5 Å². The molecule has 0 N–H and O–H groups in total. The third kappa shape index (κ3) is 4.07. The Bertz CT molecular complexity index is 527. The molecule has 0 spiro atoms. The van der Waals surface area contributed by atoms with Crippen LogP contribution in [0.2, 0.25) is 0 Å². The Labute approximate surface area is 135 Å². The molecule has 0 amide bonds. The van der Waals surface area contributed by atoms with E-state index in [9.17, 15) is 4.57 Å². The normalized spacial score (nSPS) is 26.7. The first-order chi connectivity index (χ1) is 10.4. The predicted octanol–water partition coefficient (Wildman–Crippen LogP) is 5.35. The summed E-state index contributed by atoms with van der Waals surface area (Å²) >= 11 is 0. The Hall–Kier alpha value is -0.950. The predicted molar refractivity (Wildman–Crippen MR) is 92.6 cm³/mol. The first kappa shape index (κ1) is 17.4. The van der Waals surface area contributed by atoms with Crippen LogP contribution in [0.15, 0.2) is 18.2 Å². The monoisotopic (exact) mass is 324 g/mol. The largest absolute Gasteiger partial charge is 0.493 e. The summed E-state index contributed by atoms with van der Waals surface area (Å²) in [5, 5.41) is 0. The van der Waals surface area contributed by atoms with Crippen molar-refractivity contribution in [2.45, 2.75) is 46.0 Å². The standard InChI is InChI=1S/C18H29O3P/c1-12(2)15-8-6-13(3)10-16(15)14-7-9-17(21-22(5)19)18(11-14)20-4/h7,9,11-13,15-16,22H,6,8,10H2,1-5H3. The van der Waals surface area contributed by atoms with Crippen LogP contribution in [0.4, 0.5) is 0 Å². The fourth-order valence-electron chi connectivity index (χ4n) is 3.74. The molecule has 0 heterocycles. The van der Waals surface area contributed by atoms with E-state index < -0.39 is 8.03 Å². The quantitative estimate of drug-likeness (QED) is 0.684. The van der Waals surface area contributed by atoms with Crippen LogP contribution in [-0.4, -0.2) is 13.8 Å². The van der Waals surface area contributed by atoms with Crippen LogP contribution in [0.3, 0.4) is 0 Å². The van der Waals surface area contributed by atoms with E-state index >= 15 is 0 Å². The van der Waals surface area contributed by atoms with Gasteiger partial charge in [-0.05, 0) is 54.2 Å². The Balaban J connectivity index is 2.31. The van der Waals surface area contributed by atoms with E-state index in [4.69, 9.17) is 9.26 Å². The molecule has 0 radical (unpaired) electrons. The first-order valence-corrected chi connectivity index (χ1v) is 10.1. The zero-order valence-corrected chi connectivity index (χ0v) is 15.4. The second kappa shape index (κ2) is 7.55. The maximum Gasteiger partial charge on any atom is 0.234 e. The molecule has 124 valence electrons. The average Bonchev–Trinajstić information content (AvgIpc) is 2.46. The molecule has 4 heteroatoms. The van der Waals surface area contributed by atoms with Gasteiger partial charge in [0, 0.05) is 6.66 Å². The van der Waals surface area contributed by atoms with E-state index in [1.54, 1.807) is 13.8 Å². The molecule has 0 bridgehead atoms. The van der Waals surface area contributed by atoms with Crippen LogP contribution < -0.4 is 9.26 Å². The van der Waals surface area contributed by atoms with Gasteiger partial charge in [-0.1, -0.05) is 33.3 Å². The fraction of sp³-hybridized carbons (Fsp3) is 0.667. The van der Waals surface area contributed by atoms with E-state index in [0.29, 0.717) is 23.3 Å². The van der Waals surface area contributed by atoms with Crippen LogP contribution in [0.25, 0.3) is 0 Å². The summed E-state index contributed by atoms with van der Waals surface area (Å²) < 4.78 is 22.2. The van der Waals surface area contributed by atoms with E-state index in [-0.39, 0.29) is 0 Å². The number of hydrogen-bond acceptors (Lipinski definition) is 3. The maximum absolute atomic E-state index is 11.4. The van der Waals surface area contributed by atoms with Crippen LogP contribution in [-0.2, 0) is 4.57 Å². The summed E-state index contributed by atoms with van der Waals surface area (Å²) in [5.41, 5.74) is 1.32. The lowest BCUT2D eigenvalue weighted by molar-refractivity contribution is 0.197. The highest BCUT2D eigenvalue weighted by Gasteiger charge is 2.32. The fourth-order valence-corrected chi connectivity index (χ4v) is 4.22. The molecule has 2 rings (SSSR count). The Morgan fingerprint density at radius 1 is 1.23 bits per heavy atom. The molecule has 1 saturated carbocycles. The highest BCUT2D eigenvalue weighted by atomic mass is 31.1. The molecule has 1 aliphatic rings. The lowest BCUT2D eigenvalue weighted by atomic mass is 9.67. The summed E-state index contributed by atoms with van der Waals surface area (Å²) in [6.07, 6.45) is 3.86. The molecule has 0 aliphatic heterocycles. The van der Waals surface area contributed by atoms with E-state index in [1.807, 2.05) is 6.07 Å². The highest BCUT2D eigenvalue weighted by molar-refractivity contribution is 7.38. The van der Waals surface area contributed by atoms with Gasteiger partial charge in [0.05, 0.1) is 7.11 Å². The molecule has 4 unspecified atom stereocenters. The van der Waals surface area contributed by atoms with Crippen molar-refractivity contribution < 1.29 is 13.8 Å². The lowest BCUT2D eigenvalue weighted by Gasteiger charge is -2.38. The van der Waals surface area contributed by atoms with Crippen molar-refractivity contribution >= 4 is 8.03 Å². The van der Waals surface area contributed by atoms with Crippen LogP contribution >= 0.6 is 8.03 Å². The molecular formula is C18H29O3P. The molecular weight excluding hydrogens is 295 g/mol. The topological polar surface area (TPSA) is 35.5 Å². The number of hydrogen-bond donors (Lipinski definition) is 0. The summed E-state index contributed by atoms with van der Waals surface area (Å²) in [4.78, 5) is 0. The molecule has 4 atom stereocenters. The van der Waals surface area contributed by atoms with Gasteiger partial charge in [0.1, 0.15) is 0 Å². The zero-order valence-electron chi connectivity index (χ0n) is 14.4. The summed E-state index contributed by atoms with van der Waals surface area (Å²) in [6.45, 7) is 8.59. The van der Waals surface area contributed by atoms with Gasteiger partial charge in [-0.15, -0.1) is 0 Å². The first-order valence-electron chi connectivity index (χ1n) is 8.28. The molecule has 1 fully saturated rings. The minimum Gasteiger partial charge on any atom is -0.493 e. The van der Waals surface area contributed by atoms with Crippen molar-refractivity contribution in [3.8, 4) is 11.5 Å². The number of rotatable bonds is 5. The van der Waals surface area contributed by atoms with Gasteiger partial charge in [0.2, 0.25) is 8.03 Å². The molecule has 3 nitrogen and oxygen atoms in total. The minimum atomic E-state index is -2.02. The Morgan fingerprint density at radius 2 is 1.95 bits per heavy atom. The SMILES string of the molecule is COc1cc(C2CC(C)CCC2C(C)C)ccc1O[PH](C)=O. The van der Waals surface area contributed by atoms with E-state index in [2.05, 4.69) is 32.9 Å². The molecule has 1 aromatic rings. The summed E-state index contributed by atoms with van der Waals surface area (Å²) in [6, 6.07) is 6.12. The maximum atomic E-state index is 11.4. The van der Waals surface area contributed by atoms with E-state index in [1.165, 1.54) is 24.8 Å². The third-order valence-electron chi connectivity index (χ3n) is 4.89. The van der Waals surface area contributed by atoms with Gasteiger partial charge < -0.3 is 9.26 Å². The highest BCUT2D eigenvalue weighted by Crippen LogP contribution is 2.46. The van der Waals surface area contributed by atoms with Crippen molar-refractivity contribution in [2.24, 2.45) is 17.8 Å². The van der Waals surface area contributed by atoms with E-state index in [0.717, 1.165) is 11.8 Å². The summed E-state index contributed by atoms with van der Waals surface area (Å²) in [7, 11) is -0.377. The molecule has 22 heavy (non-hydrogen) atoms. The third-order valence-corrected chi connectivity index (χ3v) is 5.40. The van der Waals surface area contributed by atoms with Crippen molar-refractivity contribution in [3.63, 3.8) is 0 Å². The lowest BCUT2D eigenvalue weighted by Crippen LogP contribution is -2.26. The second-order valence-corrected chi connectivity index (χ2v) is 8.12.